The maximum Gasteiger partial charge on any atom is 0.303 e. The number of H-pyrrole nitrogens is 1. The van der Waals surface area contributed by atoms with Gasteiger partial charge < -0.3 is 10.1 Å². The van der Waals surface area contributed by atoms with Gasteiger partial charge in [0, 0.05) is 18.0 Å². The summed E-state index contributed by atoms with van der Waals surface area (Å²) in [5.41, 5.74) is 1.85. The lowest BCUT2D eigenvalue weighted by molar-refractivity contribution is -0.136. The minimum absolute atomic E-state index is 0.137. The van der Waals surface area contributed by atoms with Crippen molar-refractivity contribution in [2.75, 3.05) is 0 Å². The van der Waals surface area contributed by atoms with Crippen LogP contribution in [0, 0.1) is 0 Å². The van der Waals surface area contributed by atoms with Crippen LogP contribution in [-0.2, 0) is 11.2 Å². The summed E-state index contributed by atoms with van der Waals surface area (Å²) in [4.78, 5) is 17.8. The van der Waals surface area contributed by atoms with Crippen LogP contribution in [0.2, 0.25) is 0 Å². The Balaban J connectivity index is 2.08. The van der Waals surface area contributed by atoms with E-state index >= 15 is 0 Å². The first-order valence-corrected chi connectivity index (χ1v) is 5.43. The lowest BCUT2D eigenvalue weighted by atomic mass is 10.3. The molecule has 0 atom stereocenters. The van der Waals surface area contributed by atoms with Gasteiger partial charge in [-0.2, -0.15) is 0 Å². The molecule has 0 saturated carbocycles. The summed E-state index contributed by atoms with van der Waals surface area (Å²) in [5.74, 6) is -0.786. The Hall–Kier alpha value is -1.62. The van der Waals surface area contributed by atoms with Crippen LogP contribution >= 0.6 is 11.3 Å². The van der Waals surface area contributed by atoms with E-state index in [0.29, 0.717) is 6.42 Å². The van der Waals surface area contributed by atoms with Crippen LogP contribution in [0.15, 0.2) is 23.7 Å². The van der Waals surface area contributed by atoms with Gasteiger partial charge in [0.1, 0.15) is 0 Å². The number of nitrogens with zero attached hydrogens (tertiary/aromatic N) is 1. The number of aliphatic carboxylic acids is 1. The highest BCUT2D eigenvalue weighted by molar-refractivity contribution is 7.09. The zero-order valence-corrected chi connectivity index (χ0v) is 8.75. The topological polar surface area (TPSA) is 66.0 Å². The number of hydrogen-bond acceptors (Lipinski definition) is 3. The zero-order valence-electron chi connectivity index (χ0n) is 7.93. The number of aromatic nitrogens is 2. The summed E-state index contributed by atoms with van der Waals surface area (Å²) >= 11 is 1.50. The molecule has 5 heteroatoms. The lowest BCUT2D eigenvalue weighted by Gasteiger charge is -1.91. The molecule has 0 aromatic carbocycles. The monoisotopic (exact) mass is 222 g/mol. The fourth-order valence-electron chi connectivity index (χ4n) is 1.25. The Bertz CT molecular complexity index is 448. The number of carboxylic acids is 1. The van der Waals surface area contributed by atoms with Crippen molar-refractivity contribution in [3.8, 4) is 11.4 Å². The fourth-order valence-corrected chi connectivity index (χ4v) is 2.05. The molecule has 0 saturated heterocycles. The molecule has 2 N–H and O–H groups in total. The van der Waals surface area contributed by atoms with E-state index < -0.39 is 5.97 Å². The molecule has 0 bridgehead atoms. The number of rotatable bonds is 4. The van der Waals surface area contributed by atoms with Crippen LogP contribution < -0.4 is 0 Å². The second kappa shape index (κ2) is 4.27. The Morgan fingerprint density at radius 1 is 1.60 bits per heavy atom. The van der Waals surface area contributed by atoms with Crippen molar-refractivity contribution in [1.82, 2.24) is 9.97 Å². The smallest absolute Gasteiger partial charge is 0.303 e. The standard InChI is InChI=1S/C10H10N2O2S/c13-10(14)4-3-9-12-8(6-15-9)7-2-1-5-11-7/h1-2,5-6,11H,3-4H2,(H,13,14). The maximum absolute atomic E-state index is 10.4. The molecule has 4 nitrogen and oxygen atoms in total. The van der Waals surface area contributed by atoms with Crippen molar-refractivity contribution in [3.05, 3.63) is 28.7 Å². The van der Waals surface area contributed by atoms with Crippen molar-refractivity contribution in [2.24, 2.45) is 0 Å². The second-order valence-corrected chi connectivity index (χ2v) is 4.05. The highest BCUT2D eigenvalue weighted by atomic mass is 32.1. The second-order valence-electron chi connectivity index (χ2n) is 3.10. The Morgan fingerprint density at radius 3 is 3.13 bits per heavy atom. The van der Waals surface area contributed by atoms with E-state index in [1.54, 1.807) is 0 Å². The minimum Gasteiger partial charge on any atom is -0.481 e. The third-order valence-corrected chi connectivity index (χ3v) is 2.89. The molecule has 2 heterocycles. The summed E-state index contributed by atoms with van der Waals surface area (Å²) in [5, 5.41) is 11.3. The van der Waals surface area contributed by atoms with Gasteiger partial charge in [0.05, 0.1) is 22.8 Å². The van der Waals surface area contributed by atoms with E-state index in [9.17, 15) is 4.79 Å². The van der Waals surface area contributed by atoms with Gasteiger partial charge in [-0.05, 0) is 12.1 Å². The number of aromatic amines is 1. The third-order valence-electron chi connectivity index (χ3n) is 1.98. The van der Waals surface area contributed by atoms with Gasteiger partial charge in [0.25, 0.3) is 0 Å². The van der Waals surface area contributed by atoms with E-state index in [1.807, 2.05) is 23.7 Å². The lowest BCUT2D eigenvalue weighted by Crippen LogP contribution is -1.96. The molecule has 0 aliphatic heterocycles. The Labute approximate surface area is 90.6 Å². The molecular formula is C10H10N2O2S. The molecule has 0 radical (unpaired) electrons. The fraction of sp³-hybridized carbons (Fsp3) is 0.200. The zero-order chi connectivity index (χ0) is 10.7. The van der Waals surface area contributed by atoms with Crippen LogP contribution in [0.4, 0.5) is 0 Å². The predicted octanol–water partition coefficient (Wildman–Crippen LogP) is 2.16. The highest BCUT2D eigenvalue weighted by Gasteiger charge is 2.06. The first-order valence-electron chi connectivity index (χ1n) is 4.55. The van der Waals surface area contributed by atoms with Gasteiger partial charge in [-0.15, -0.1) is 11.3 Å². The van der Waals surface area contributed by atoms with Gasteiger partial charge in [-0.3, -0.25) is 4.79 Å². The average molecular weight is 222 g/mol. The number of carboxylic acid groups (broad SMARTS) is 1. The van der Waals surface area contributed by atoms with Crippen molar-refractivity contribution in [1.29, 1.82) is 0 Å². The number of aryl methyl sites for hydroxylation is 1. The van der Waals surface area contributed by atoms with Crippen molar-refractivity contribution >= 4 is 17.3 Å². The quantitative estimate of drug-likeness (QED) is 0.833. The van der Waals surface area contributed by atoms with E-state index in [0.717, 1.165) is 16.4 Å². The van der Waals surface area contributed by atoms with Crippen LogP contribution in [0.25, 0.3) is 11.4 Å². The van der Waals surface area contributed by atoms with E-state index in [-0.39, 0.29) is 6.42 Å². The first-order chi connectivity index (χ1) is 7.25. The number of hydrogen-bond donors (Lipinski definition) is 2. The van der Waals surface area contributed by atoms with Crippen LogP contribution in [0.5, 0.6) is 0 Å². The summed E-state index contributed by atoms with van der Waals surface area (Å²) in [6.45, 7) is 0. The SMILES string of the molecule is O=C(O)CCc1nc(-c2ccc[nH]2)cs1. The molecule has 0 spiro atoms. The Morgan fingerprint density at radius 2 is 2.47 bits per heavy atom. The number of thiazole rings is 1. The van der Waals surface area contributed by atoms with E-state index in [2.05, 4.69) is 9.97 Å². The summed E-state index contributed by atoms with van der Waals surface area (Å²) in [6.07, 6.45) is 2.48. The molecule has 15 heavy (non-hydrogen) atoms. The largest absolute Gasteiger partial charge is 0.481 e. The normalized spacial score (nSPS) is 10.4. The molecule has 78 valence electrons. The Kier molecular flexibility index (Phi) is 2.82. The maximum atomic E-state index is 10.4. The van der Waals surface area contributed by atoms with Crippen molar-refractivity contribution in [2.45, 2.75) is 12.8 Å². The van der Waals surface area contributed by atoms with Crippen molar-refractivity contribution in [3.63, 3.8) is 0 Å². The summed E-state index contributed by atoms with van der Waals surface area (Å²) in [6, 6.07) is 3.85. The number of carbonyl (C=O) groups is 1. The van der Waals surface area contributed by atoms with Crippen LogP contribution in [0.1, 0.15) is 11.4 Å². The molecule has 0 aliphatic rings. The molecule has 0 aliphatic carbocycles. The molecule has 2 aromatic rings. The molecule has 2 rings (SSSR count). The predicted molar refractivity (Wildman–Crippen MR) is 57.9 cm³/mol. The highest BCUT2D eigenvalue weighted by Crippen LogP contribution is 2.20. The summed E-state index contributed by atoms with van der Waals surface area (Å²) < 4.78 is 0. The van der Waals surface area contributed by atoms with Gasteiger partial charge in [-0.1, -0.05) is 0 Å². The molecule has 0 fully saturated rings. The number of nitrogens with one attached hydrogen (secondary N) is 1. The summed E-state index contributed by atoms with van der Waals surface area (Å²) in [7, 11) is 0. The minimum atomic E-state index is -0.786. The molecule has 2 aromatic heterocycles. The molecular weight excluding hydrogens is 212 g/mol. The van der Waals surface area contributed by atoms with Gasteiger partial charge in [0.15, 0.2) is 0 Å². The third kappa shape index (κ3) is 2.44. The van der Waals surface area contributed by atoms with Gasteiger partial charge >= 0.3 is 5.97 Å². The van der Waals surface area contributed by atoms with Crippen LogP contribution in [-0.4, -0.2) is 21.0 Å². The molecule has 0 unspecified atom stereocenters. The van der Waals surface area contributed by atoms with Gasteiger partial charge in [0.2, 0.25) is 0 Å². The van der Waals surface area contributed by atoms with E-state index in [1.165, 1.54) is 11.3 Å². The first kappa shape index (κ1) is 9.92. The molecule has 0 amide bonds. The average Bonchev–Trinajstić information content (AvgIpc) is 2.85. The van der Waals surface area contributed by atoms with Crippen molar-refractivity contribution < 1.29 is 9.90 Å². The van der Waals surface area contributed by atoms with Gasteiger partial charge in [-0.25, -0.2) is 4.98 Å². The van der Waals surface area contributed by atoms with E-state index in [4.69, 9.17) is 5.11 Å². The van der Waals surface area contributed by atoms with Crippen LogP contribution in [0.3, 0.4) is 0 Å².